The van der Waals surface area contributed by atoms with Gasteiger partial charge in [-0.3, -0.25) is 0 Å². The molecule has 2 aliphatic rings. The molecule has 0 radical (unpaired) electrons. The standard InChI is InChI=1S/C14H26N2O3/c1-13(2,3)19-12(17)16-11-10-15-7-4-14(11)5-8-18-9-6-14/h11,15H,4-10H2,1-3H3,(H,16,17). The van der Waals surface area contributed by atoms with E-state index in [1.54, 1.807) is 0 Å². The highest BCUT2D eigenvalue weighted by atomic mass is 16.6. The third kappa shape index (κ3) is 3.83. The largest absolute Gasteiger partial charge is 0.444 e. The van der Waals surface area contributed by atoms with E-state index in [0.717, 1.165) is 45.6 Å². The topological polar surface area (TPSA) is 59.6 Å². The number of amides is 1. The maximum absolute atomic E-state index is 12.0. The summed E-state index contributed by atoms with van der Waals surface area (Å²) in [6.45, 7) is 9.09. The molecule has 19 heavy (non-hydrogen) atoms. The zero-order chi connectivity index (χ0) is 13.9. The summed E-state index contributed by atoms with van der Waals surface area (Å²) >= 11 is 0. The van der Waals surface area contributed by atoms with Gasteiger partial charge in [-0.1, -0.05) is 0 Å². The molecule has 0 aromatic heterocycles. The smallest absolute Gasteiger partial charge is 0.407 e. The lowest BCUT2D eigenvalue weighted by molar-refractivity contribution is -0.0234. The summed E-state index contributed by atoms with van der Waals surface area (Å²) in [6, 6.07) is 0.139. The van der Waals surface area contributed by atoms with E-state index in [2.05, 4.69) is 10.6 Å². The molecule has 0 aromatic carbocycles. The highest BCUT2D eigenvalue weighted by molar-refractivity contribution is 5.68. The molecule has 2 rings (SSSR count). The number of alkyl carbamates (subject to hydrolysis) is 1. The fraction of sp³-hybridized carbons (Fsp3) is 0.929. The summed E-state index contributed by atoms with van der Waals surface area (Å²) in [5.41, 5.74) is -0.268. The van der Waals surface area contributed by atoms with E-state index in [4.69, 9.17) is 9.47 Å². The van der Waals surface area contributed by atoms with Gasteiger partial charge in [0, 0.05) is 19.8 Å². The number of nitrogens with one attached hydrogen (secondary N) is 2. The highest BCUT2D eigenvalue weighted by Gasteiger charge is 2.43. The lowest BCUT2D eigenvalue weighted by Gasteiger charge is -2.47. The van der Waals surface area contributed by atoms with Crippen LogP contribution < -0.4 is 10.6 Å². The van der Waals surface area contributed by atoms with Gasteiger partial charge < -0.3 is 20.1 Å². The Labute approximate surface area is 115 Å². The Balaban J connectivity index is 1.98. The van der Waals surface area contributed by atoms with E-state index < -0.39 is 5.60 Å². The Morgan fingerprint density at radius 2 is 2.00 bits per heavy atom. The zero-order valence-corrected chi connectivity index (χ0v) is 12.3. The molecule has 1 unspecified atom stereocenters. The fourth-order valence-corrected chi connectivity index (χ4v) is 3.00. The normalized spacial score (nSPS) is 27.0. The number of carbonyl (C=O) groups excluding carboxylic acids is 1. The Kier molecular flexibility index (Phi) is 4.36. The third-order valence-corrected chi connectivity index (χ3v) is 4.07. The Bertz CT molecular complexity index is 311. The molecule has 110 valence electrons. The van der Waals surface area contributed by atoms with E-state index in [1.807, 2.05) is 20.8 Å². The second-order valence-electron chi connectivity index (χ2n) is 6.63. The van der Waals surface area contributed by atoms with Crippen molar-refractivity contribution < 1.29 is 14.3 Å². The van der Waals surface area contributed by atoms with Crippen LogP contribution in [0.15, 0.2) is 0 Å². The van der Waals surface area contributed by atoms with Crippen LogP contribution in [0.1, 0.15) is 40.0 Å². The van der Waals surface area contributed by atoms with Crippen molar-refractivity contribution in [3.8, 4) is 0 Å². The molecular weight excluding hydrogens is 244 g/mol. The first-order valence-corrected chi connectivity index (χ1v) is 7.19. The Morgan fingerprint density at radius 3 is 2.63 bits per heavy atom. The Morgan fingerprint density at radius 1 is 1.32 bits per heavy atom. The maximum atomic E-state index is 12.0. The molecule has 5 heteroatoms. The van der Waals surface area contributed by atoms with Crippen molar-refractivity contribution in [1.82, 2.24) is 10.6 Å². The molecule has 1 amide bonds. The summed E-state index contributed by atoms with van der Waals surface area (Å²) in [6.07, 6.45) is 2.83. The zero-order valence-electron chi connectivity index (χ0n) is 12.3. The van der Waals surface area contributed by atoms with Gasteiger partial charge in [0.15, 0.2) is 0 Å². The lowest BCUT2D eigenvalue weighted by atomic mass is 9.69. The minimum atomic E-state index is -0.449. The first-order valence-electron chi connectivity index (χ1n) is 7.19. The van der Waals surface area contributed by atoms with Gasteiger partial charge in [-0.05, 0) is 52.0 Å². The molecule has 2 saturated heterocycles. The molecule has 2 heterocycles. The summed E-state index contributed by atoms with van der Waals surface area (Å²) in [5.74, 6) is 0. The predicted octanol–water partition coefficient (Wildman–Crippen LogP) is 1.67. The van der Waals surface area contributed by atoms with E-state index in [1.165, 1.54) is 0 Å². The molecule has 5 nitrogen and oxygen atoms in total. The summed E-state index contributed by atoms with van der Waals surface area (Å²) in [7, 11) is 0. The fourth-order valence-electron chi connectivity index (χ4n) is 3.00. The number of piperidine rings is 1. The average molecular weight is 270 g/mol. The monoisotopic (exact) mass is 270 g/mol. The summed E-state index contributed by atoms with van der Waals surface area (Å²) in [5, 5.41) is 6.42. The van der Waals surface area contributed by atoms with E-state index in [0.29, 0.717) is 0 Å². The number of hydrogen-bond acceptors (Lipinski definition) is 4. The van der Waals surface area contributed by atoms with Gasteiger partial charge >= 0.3 is 6.09 Å². The van der Waals surface area contributed by atoms with E-state index in [-0.39, 0.29) is 17.6 Å². The number of rotatable bonds is 1. The molecule has 2 fully saturated rings. The minimum absolute atomic E-state index is 0.139. The number of hydrogen-bond donors (Lipinski definition) is 2. The van der Waals surface area contributed by atoms with Gasteiger partial charge in [0.2, 0.25) is 0 Å². The predicted molar refractivity (Wildman–Crippen MR) is 73.1 cm³/mol. The Hall–Kier alpha value is -0.810. The van der Waals surface area contributed by atoms with Crippen LogP contribution in [0.2, 0.25) is 0 Å². The van der Waals surface area contributed by atoms with Gasteiger partial charge in [-0.25, -0.2) is 4.79 Å². The highest BCUT2D eigenvalue weighted by Crippen LogP contribution is 2.39. The molecule has 2 aliphatic heterocycles. The van der Waals surface area contributed by atoms with Gasteiger partial charge in [-0.2, -0.15) is 0 Å². The SMILES string of the molecule is CC(C)(C)OC(=O)NC1CNCCC12CCOCC2. The quantitative estimate of drug-likeness (QED) is 0.761. The number of ether oxygens (including phenoxy) is 2. The first kappa shape index (κ1) is 14.6. The van der Waals surface area contributed by atoms with Gasteiger partial charge in [0.05, 0.1) is 6.04 Å². The molecule has 1 spiro atoms. The molecule has 0 aromatic rings. The van der Waals surface area contributed by atoms with Crippen molar-refractivity contribution in [3.05, 3.63) is 0 Å². The van der Waals surface area contributed by atoms with E-state index >= 15 is 0 Å². The third-order valence-electron chi connectivity index (χ3n) is 4.07. The number of carbonyl (C=O) groups is 1. The molecular formula is C14H26N2O3. The van der Waals surface area contributed by atoms with Crippen LogP contribution >= 0.6 is 0 Å². The second-order valence-corrected chi connectivity index (χ2v) is 6.63. The maximum Gasteiger partial charge on any atom is 0.407 e. The molecule has 2 N–H and O–H groups in total. The molecule has 0 saturated carbocycles. The van der Waals surface area contributed by atoms with Crippen LogP contribution in [0.25, 0.3) is 0 Å². The van der Waals surface area contributed by atoms with Crippen molar-refractivity contribution >= 4 is 6.09 Å². The van der Waals surface area contributed by atoms with E-state index in [9.17, 15) is 4.79 Å². The van der Waals surface area contributed by atoms with Crippen LogP contribution in [0.4, 0.5) is 4.79 Å². The van der Waals surface area contributed by atoms with Crippen LogP contribution in [0, 0.1) is 5.41 Å². The van der Waals surface area contributed by atoms with Crippen molar-refractivity contribution in [2.24, 2.45) is 5.41 Å². The van der Waals surface area contributed by atoms with Gasteiger partial charge in [0.1, 0.15) is 5.60 Å². The van der Waals surface area contributed by atoms with Crippen LogP contribution in [0.3, 0.4) is 0 Å². The first-order chi connectivity index (χ1) is 8.91. The van der Waals surface area contributed by atoms with Crippen molar-refractivity contribution in [3.63, 3.8) is 0 Å². The second kappa shape index (κ2) is 5.67. The molecule has 0 aliphatic carbocycles. The van der Waals surface area contributed by atoms with Crippen molar-refractivity contribution in [2.45, 2.75) is 51.7 Å². The average Bonchev–Trinajstić information content (AvgIpc) is 2.31. The van der Waals surface area contributed by atoms with Crippen molar-refractivity contribution in [2.75, 3.05) is 26.3 Å². The van der Waals surface area contributed by atoms with Gasteiger partial charge in [0.25, 0.3) is 0 Å². The van der Waals surface area contributed by atoms with Gasteiger partial charge in [-0.15, -0.1) is 0 Å². The molecule has 0 bridgehead atoms. The van der Waals surface area contributed by atoms with Crippen LogP contribution in [-0.4, -0.2) is 44.0 Å². The summed E-state index contributed by atoms with van der Waals surface area (Å²) in [4.78, 5) is 12.0. The summed E-state index contributed by atoms with van der Waals surface area (Å²) < 4.78 is 10.8. The van der Waals surface area contributed by atoms with Crippen LogP contribution in [-0.2, 0) is 9.47 Å². The van der Waals surface area contributed by atoms with Crippen LogP contribution in [0.5, 0.6) is 0 Å². The minimum Gasteiger partial charge on any atom is -0.444 e. The van der Waals surface area contributed by atoms with Crippen molar-refractivity contribution in [1.29, 1.82) is 0 Å². The lowest BCUT2D eigenvalue weighted by Crippen LogP contribution is -2.59. The molecule has 1 atom stereocenters.